The van der Waals surface area contributed by atoms with Crippen LogP contribution in [0.3, 0.4) is 0 Å². The van der Waals surface area contributed by atoms with Crippen LogP contribution in [0.4, 0.5) is 0 Å². The van der Waals surface area contributed by atoms with Gasteiger partial charge in [0.2, 0.25) is 10.0 Å². The van der Waals surface area contributed by atoms with E-state index in [1.807, 2.05) is 30.3 Å². The van der Waals surface area contributed by atoms with E-state index >= 15 is 0 Å². The van der Waals surface area contributed by atoms with Gasteiger partial charge in [0.25, 0.3) is 0 Å². The molecule has 0 bridgehead atoms. The zero-order chi connectivity index (χ0) is 18.9. The number of sulfonamides is 1. The van der Waals surface area contributed by atoms with Gasteiger partial charge in [-0.3, -0.25) is 4.79 Å². The van der Waals surface area contributed by atoms with Gasteiger partial charge in [0.1, 0.15) is 0 Å². The van der Waals surface area contributed by atoms with Crippen molar-refractivity contribution in [3.63, 3.8) is 0 Å². The Bertz CT molecular complexity index is 1040. The molecule has 7 nitrogen and oxygen atoms in total. The minimum atomic E-state index is -3.79. The van der Waals surface area contributed by atoms with E-state index in [9.17, 15) is 18.3 Å². The number of hydrogen-bond donors (Lipinski definition) is 2. The van der Waals surface area contributed by atoms with Crippen LogP contribution in [0.5, 0.6) is 0 Å². The molecule has 0 radical (unpaired) electrons. The molecule has 1 atom stereocenters. The predicted octanol–water partition coefficient (Wildman–Crippen LogP) is 2.37. The molecule has 0 saturated carbocycles. The molecule has 8 heteroatoms. The molecular formula is C18H17N3O4S. The molecule has 3 N–H and O–H groups in total. The third kappa shape index (κ3) is 3.51. The number of primary sulfonamides is 1. The number of carboxylic acids is 1. The lowest BCUT2D eigenvalue weighted by Crippen LogP contribution is -2.12. The summed E-state index contributed by atoms with van der Waals surface area (Å²) in [4.78, 5) is 11.3. The molecule has 0 aliphatic rings. The molecule has 0 fully saturated rings. The summed E-state index contributed by atoms with van der Waals surface area (Å²) < 4.78 is 24.4. The van der Waals surface area contributed by atoms with Gasteiger partial charge in [0.15, 0.2) is 0 Å². The van der Waals surface area contributed by atoms with Crippen LogP contribution >= 0.6 is 0 Å². The van der Waals surface area contributed by atoms with Crippen molar-refractivity contribution in [3.05, 3.63) is 66.4 Å². The number of rotatable bonds is 5. The van der Waals surface area contributed by atoms with E-state index in [-0.39, 0.29) is 4.90 Å². The molecule has 0 aliphatic heterocycles. The van der Waals surface area contributed by atoms with Crippen LogP contribution in [0.25, 0.3) is 16.9 Å². The van der Waals surface area contributed by atoms with Gasteiger partial charge in [-0.15, -0.1) is 0 Å². The van der Waals surface area contributed by atoms with E-state index < -0.39 is 21.9 Å². The van der Waals surface area contributed by atoms with E-state index in [0.717, 1.165) is 5.56 Å². The second kappa shape index (κ2) is 6.74. The quantitative estimate of drug-likeness (QED) is 0.714. The molecule has 0 saturated heterocycles. The van der Waals surface area contributed by atoms with Gasteiger partial charge in [-0.25, -0.2) is 18.2 Å². The van der Waals surface area contributed by atoms with Crippen LogP contribution < -0.4 is 5.14 Å². The maximum Gasteiger partial charge on any atom is 0.312 e. The molecular weight excluding hydrogens is 354 g/mol. The lowest BCUT2D eigenvalue weighted by atomic mass is 10.1. The first kappa shape index (κ1) is 17.8. The molecule has 2 aromatic carbocycles. The van der Waals surface area contributed by atoms with Crippen LogP contribution in [0.2, 0.25) is 0 Å². The topological polar surface area (TPSA) is 115 Å². The number of hydrogen-bond acceptors (Lipinski definition) is 4. The first-order valence-corrected chi connectivity index (χ1v) is 9.33. The van der Waals surface area contributed by atoms with Gasteiger partial charge in [-0.1, -0.05) is 30.3 Å². The molecule has 1 heterocycles. The summed E-state index contributed by atoms with van der Waals surface area (Å²) in [5.74, 6) is -1.75. The number of nitrogens with two attached hydrogens (primary N) is 1. The van der Waals surface area contributed by atoms with Gasteiger partial charge in [0.05, 0.1) is 27.9 Å². The Balaban J connectivity index is 2.14. The highest BCUT2D eigenvalue weighted by molar-refractivity contribution is 7.89. The maximum atomic E-state index is 11.4. The van der Waals surface area contributed by atoms with Gasteiger partial charge in [0, 0.05) is 5.56 Å². The second-order valence-electron chi connectivity index (χ2n) is 5.83. The molecule has 26 heavy (non-hydrogen) atoms. The fourth-order valence-corrected chi connectivity index (χ4v) is 3.04. The minimum Gasteiger partial charge on any atom is -0.481 e. The first-order valence-electron chi connectivity index (χ1n) is 7.79. The lowest BCUT2D eigenvalue weighted by Gasteiger charge is -2.08. The number of aliphatic carboxylic acids is 1. The maximum absolute atomic E-state index is 11.4. The van der Waals surface area contributed by atoms with Crippen molar-refractivity contribution in [3.8, 4) is 16.9 Å². The molecule has 3 aromatic rings. The summed E-state index contributed by atoms with van der Waals surface area (Å²) in [5.41, 5.74) is 2.57. The summed E-state index contributed by atoms with van der Waals surface area (Å²) in [6, 6.07) is 17.1. The second-order valence-corrected chi connectivity index (χ2v) is 7.39. The average molecular weight is 371 g/mol. The summed E-state index contributed by atoms with van der Waals surface area (Å²) >= 11 is 0. The monoisotopic (exact) mass is 371 g/mol. The zero-order valence-corrected chi connectivity index (χ0v) is 14.7. The van der Waals surface area contributed by atoms with Crippen molar-refractivity contribution in [1.82, 2.24) is 9.78 Å². The summed E-state index contributed by atoms with van der Waals surface area (Å²) in [5, 5.41) is 18.8. The molecule has 0 aliphatic carbocycles. The van der Waals surface area contributed by atoms with Crippen LogP contribution in [0.1, 0.15) is 18.5 Å². The number of aromatic nitrogens is 2. The normalized spacial score (nSPS) is 12.7. The van der Waals surface area contributed by atoms with Crippen molar-refractivity contribution >= 4 is 16.0 Å². The summed E-state index contributed by atoms with van der Waals surface area (Å²) in [7, 11) is -3.79. The van der Waals surface area contributed by atoms with Crippen LogP contribution in [-0.4, -0.2) is 29.3 Å². The van der Waals surface area contributed by atoms with Crippen molar-refractivity contribution in [1.29, 1.82) is 0 Å². The fourth-order valence-electron chi connectivity index (χ4n) is 2.53. The highest BCUT2D eigenvalue weighted by atomic mass is 32.2. The van der Waals surface area contributed by atoms with Crippen LogP contribution in [0.15, 0.2) is 65.6 Å². The van der Waals surface area contributed by atoms with Crippen molar-refractivity contribution in [2.45, 2.75) is 17.7 Å². The fraction of sp³-hybridized carbons (Fsp3) is 0.111. The largest absolute Gasteiger partial charge is 0.481 e. The Morgan fingerprint density at radius 3 is 2.27 bits per heavy atom. The van der Waals surface area contributed by atoms with Crippen LogP contribution in [-0.2, 0) is 14.8 Å². The number of carbonyl (C=O) groups is 1. The molecule has 0 unspecified atom stereocenters. The van der Waals surface area contributed by atoms with Gasteiger partial charge >= 0.3 is 5.97 Å². The Hall–Kier alpha value is -2.97. The number of nitrogens with zero attached hydrogens (tertiary/aromatic N) is 2. The first-order chi connectivity index (χ1) is 12.3. The molecule has 134 valence electrons. The molecule has 3 rings (SSSR count). The van der Waals surface area contributed by atoms with E-state index in [0.29, 0.717) is 17.1 Å². The van der Waals surface area contributed by atoms with Crippen molar-refractivity contribution < 1.29 is 18.3 Å². The summed E-state index contributed by atoms with van der Waals surface area (Å²) in [6.07, 6.45) is 0. The Labute approximate surface area is 150 Å². The van der Waals surface area contributed by atoms with Gasteiger partial charge in [-0.05, 0) is 37.3 Å². The lowest BCUT2D eigenvalue weighted by molar-refractivity contribution is -0.138. The van der Waals surface area contributed by atoms with Gasteiger partial charge < -0.3 is 5.11 Å². The summed E-state index contributed by atoms with van der Waals surface area (Å²) in [6.45, 7) is 1.56. The third-order valence-corrected chi connectivity index (χ3v) is 4.95. The van der Waals surface area contributed by atoms with E-state index in [2.05, 4.69) is 5.10 Å². The zero-order valence-electron chi connectivity index (χ0n) is 13.9. The van der Waals surface area contributed by atoms with E-state index in [4.69, 9.17) is 5.14 Å². The van der Waals surface area contributed by atoms with Crippen LogP contribution in [0, 0.1) is 0 Å². The Morgan fingerprint density at radius 2 is 1.73 bits per heavy atom. The molecule has 0 spiro atoms. The minimum absolute atomic E-state index is 0.00575. The van der Waals surface area contributed by atoms with Gasteiger partial charge in [-0.2, -0.15) is 5.10 Å². The SMILES string of the molecule is C[C@@H](C(=O)O)c1cc(-c2ccccc2)n(-c2ccc(S(N)(=O)=O)cc2)n1. The number of benzene rings is 2. The van der Waals surface area contributed by atoms with Crippen molar-refractivity contribution in [2.24, 2.45) is 5.14 Å². The van der Waals surface area contributed by atoms with E-state index in [1.54, 1.807) is 29.8 Å². The predicted molar refractivity (Wildman–Crippen MR) is 96.4 cm³/mol. The standard InChI is InChI=1S/C18H17N3O4S/c1-12(18(22)23)16-11-17(13-5-3-2-4-6-13)21(20-16)14-7-9-15(10-8-14)26(19,24)25/h2-12H,1H3,(H,22,23)(H2,19,24,25)/t12-/m1/s1. The average Bonchev–Trinajstić information content (AvgIpc) is 3.06. The Morgan fingerprint density at radius 1 is 1.12 bits per heavy atom. The van der Waals surface area contributed by atoms with Crippen molar-refractivity contribution in [2.75, 3.05) is 0 Å². The third-order valence-electron chi connectivity index (χ3n) is 4.02. The highest BCUT2D eigenvalue weighted by Gasteiger charge is 2.21. The number of carboxylic acid groups (broad SMARTS) is 1. The molecule has 1 aromatic heterocycles. The Kier molecular flexibility index (Phi) is 4.62. The molecule has 0 amide bonds. The smallest absolute Gasteiger partial charge is 0.312 e. The van der Waals surface area contributed by atoms with E-state index in [1.165, 1.54) is 12.1 Å². The highest BCUT2D eigenvalue weighted by Crippen LogP contribution is 2.27.